The molecule has 2 nitrogen and oxygen atoms in total. The molecule has 1 aromatic carbocycles. The number of nitrogens with zero attached hydrogens (tertiary/aromatic N) is 2. The Balaban J connectivity index is 2.11. The maximum Gasteiger partial charge on any atom is 0.223 e. The molecule has 3 heteroatoms. The van der Waals surface area contributed by atoms with E-state index in [1.54, 1.807) is 0 Å². The van der Waals surface area contributed by atoms with Gasteiger partial charge in [-0.05, 0) is 43.0 Å². The van der Waals surface area contributed by atoms with Crippen LogP contribution in [0.15, 0.2) is 30.3 Å². The fraction of sp³-hybridized carbons (Fsp3) is 0.286. The molecule has 0 bridgehead atoms. The molecular weight excluding hydrogens is 232 g/mol. The van der Waals surface area contributed by atoms with Crippen LogP contribution in [0.3, 0.4) is 0 Å². The summed E-state index contributed by atoms with van der Waals surface area (Å²) in [6, 6.07) is 10.3. The van der Waals surface area contributed by atoms with Crippen molar-refractivity contribution in [1.82, 2.24) is 9.97 Å². The number of hydrogen-bond acceptors (Lipinski definition) is 2. The molecule has 0 unspecified atom stereocenters. The molecule has 0 radical (unpaired) electrons. The van der Waals surface area contributed by atoms with Gasteiger partial charge in [-0.25, -0.2) is 9.97 Å². The second kappa shape index (κ2) is 4.11. The summed E-state index contributed by atoms with van der Waals surface area (Å²) >= 11 is 6.00. The quantitative estimate of drug-likeness (QED) is 0.747. The number of rotatable bonds is 2. The topological polar surface area (TPSA) is 25.8 Å². The highest BCUT2D eigenvalue weighted by atomic mass is 35.5. The van der Waals surface area contributed by atoms with Crippen molar-refractivity contribution in [3.05, 3.63) is 46.9 Å². The Hall–Kier alpha value is -1.41. The molecule has 1 aromatic heterocycles. The van der Waals surface area contributed by atoms with E-state index < -0.39 is 0 Å². The molecule has 86 valence electrons. The molecule has 1 aliphatic rings. The predicted molar refractivity (Wildman–Crippen MR) is 69.2 cm³/mol. The molecule has 17 heavy (non-hydrogen) atoms. The summed E-state index contributed by atoms with van der Waals surface area (Å²) in [5, 5.41) is 0.354. The zero-order valence-corrected chi connectivity index (χ0v) is 10.4. The fourth-order valence-corrected chi connectivity index (χ4v) is 2.21. The lowest BCUT2D eigenvalue weighted by Crippen LogP contribution is -1.94. The van der Waals surface area contributed by atoms with Crippen molar-refractivity contribution < 1.29 is 0 Å². The first-order chi connectivity index (χ1) is 8.24. The van der Waals surface area contributed by atoms with Gasteiger partial charge in [-0.15, -0.1) is 0 Å². The first-order valence-corrected chi connectivity index (χ1v) is 6.22. The van der Waals surface area contributed by atoms with Crippen LogP contribution < -0.4 is 0 Å². The fourth-order valence-electron chi connectivity index (χ4n) is 2.02. The first-order valence-electron chi connectivity index (χ1n) is 5.84. The molecule has 1 fully saturated rings. The van der Waals surface area contributed by atoms with Crippen molar-refractivity contribution in [3.63, 3.8) is 0 Å². The van der Waals surface area contributed by atoms with E-state index in [-0.39, 0.29) is 0 Å². The SMILES string of the molecule is Cc1ccccc1-c1cc(C2CC2)nc(Cl)n1. The van der Waals surface area contributed by atoms with Crippen LogP contribution in [-0.2, 0) is 0 Å². The highest BCUT2D eigenvalue weighted by Crippen LogP contribution is 2.40. The molecule has 3 rings (SSSR count). The third kappa shape index (κ3) is 2.18. The smallest absolute Gasteiger partial charge is 0.223 e. The van der Waals surface area contributed by atoms with Crippen LogP contribution in [0, 0.1) is 6.92 Å². The minimum atomic E-state index is 0.354. The van der Waals surface area contributed by atoms with Crippen LogP contribution in [0.1, 0.15) is 30.0 Å². The number of aryl methyl sites for hydroxylation is 1. The monoisotopic (exact) mass is 244 g/mol. The van der Waals surface area contributed by atoms with Gasteiger partial charge >= 0.3 is 0 Å². The molecule has 0 N–H and O–H groups in total. The Morgan fingerprint density at radius 1 is 1.18 bits per heavy atom. The largest absolute Gasteiger partial charge is 0.223 e. The van der Waals surface area contributed by atoms with Gasteiger partial charge in [-0.3, -0.25) is 0 Å². The van der Waals surface area contributed by atoms with E-state index >= 15 is 0 Å². The zero-order valence-electron chi connectivity index (χ0n) is 9.65. The van der Waals surface area contributed by atoms with Crippen LogP contribution in [-0.4, -0.2) is 9.97 Å². The lowest BCUT2D eigenvalue weighted by atomic mass is 10.0. The highest BCUT2D eigenvalue weighted by Gasteiger charge is 2.26. The summed E-state index contributed by atoms with van der Waals surface area (Å²) < 4.78 is 0. The minimum absolute atomic E-state index is 0.354. The molecule has 0 atom stereocenters. The molecule has 0 aliphatic heterocycles. The van der Waals surface area contributed by atoms with Crippen molar-refractivity contribution in [2.75, 3.05) is 0 Å². The van der Waals surface area contributed by atoms with Crippen molar-refractivity contribution >= 4 is 11.6 Å². The summed E-state index contributed by atoms with van der Waals surface area (Å²) in [5.74, 6) is 0.596. The highest BCUT2D eigenvalue weighted by molar-refractivity contribution is 6.28. The van der Waals surface area contributed by atoms with E-state index in [1.807, 2.05) is 12.1 Å². The molecule has 1 aliphatic carbocycles. The van der Waals surface area contributed by atoms with Crippen LogP contribution in [0.4, 0.5) is 0 Å². The van der Waals surface area contributed by atoms with Gasteiger partial charge in [0, 0.05) is 17.2 Å². The van der Waals surface area contributed by atoms with Gasteiger partial charge in [0.25, 0.3) is 0 Å². The van der Waals surface area contributed by atoms with Gasteiger partial charge < -0.3 is 0 Å². The molecule has 1 heterocycles. The molecule has 0 saturated heterocycles. The van der Waals surface area contributed by atoms with Crippen molar-refractivity contribution in [2.45, 2.75) is 25.7 Å². The van der Waals surface area contributed by atoms with Gasteiger partial charge in [0.15, 0.2) is 0 Å². The van der Waals surface area contributed by atoms with Crippen LogP contribution >= 0.6 is 11.6 Å². The van der Waals surface area contributed by atoms with E-state index in [1.165, 1.54) is 18.4 Å². The maximum atomic E-state index is 6.00. The normalized spacial score (nSPS) is 14.9. The summed E-state index contributed by atoms with van der Waals surface area (Å²) in [4.78, 5) is 8.63. The Bertz CT molecular complexity index is 562. The number of aromatic nitrogens is 2. The average molecular weight is 245 g/mol. The lowest BCUT2D eigenvalue weighted by molar-refractivity contribution is 0.990. The standard InChI is InChI=1S/C14H13ClN2/c1-9-4-2-3-5-11(9)13-8-12(10-6-7-10)16-14(15)17-13/h2-5,8,10H,6-7H2,1H3. The van der Waals surface area contributed by atoms with Crippen molar-refractivity contribution in [2.24, 2.45) is 0 Å². The molecule has 0 spiro atoms. The first kappa shape index (κ1) is 10.7. The Morgan fingerprint density at radius 3 is 2.65 bits per heavy atom. The average Bonchev–Trinajstić information content (AvgIpc) is 3.12. The second-order valence-electron chi connectivity index (χ2n) is 4.54. The van der Waals surface area contributed by atoms with Gasteiger partial charge in [0.1, 0.15) is 0 Å². The van der Waals surface area contributed by atoms with Crippen molar-refractivity contribution in [3.8, 4) is 11.3 Å². The van der Waals surface area contributed by atoms with Crippen LogP contribution in [0.25, 0.3) is 11.3 Å². The van der Waals surface area contributed by atoms with Gasteiger partial charge in [-0.1, -0.05) is 24.3 Å². The Kier molecular flexibility index (Phi) is 2.60. The van der Waals surface area contributed by atoms with E-state index in [2.05, 4.69) is 35.1 Å². The van der Waals surface area contributed by atoms with Crippen molar-refractivity contribution in [1.29, 1.82) is 0 Å². The molecule has 0 amide bonds. The summed E-state index contributed by atoms with van der Waals surface area (Å²) in [7, 11) is 0. The lowest BCUT2D eigenvalue weighted by Gasteiger charge is -2.07. The minimum Gasteiger partial charge on any atom is -0.223 e. The summed E-state index contributed by atoms with van der Waals surface area (Å²) in [5.41, 5.74) is 4.37. The summed E-state index contributed by atoms with van der Waals surface area (Å²) in [6.45, 7) is 2.09. The third-order valence-electron chi connectivity index (χ3n) is 3.14. The van der Waals surface area contributed by atoms with Crippen LogP contribution in [0.5, 0.6) is 0 Å². The number of benzene rings is 1. The maximum absolute atomic E-state index is 6.00. The predicted octanol–water partition coefficient (Wildman–Crippen LogP) is 3.98. The Morgan fingerprint density at radius 2 is 1.94 bits per heavy atom. The van der Waals surface area contributed by atoms with E-state index in [0.29, 0.717) is 11.2 Å². The van der Waals surface area contributed by atoms with E-state index in [0.717, 1.165) is 17.0 Å². The number of halogens is 1. The zero-order chi connectivity index (χ0) is 11.8. The van der Waals surface area contributed by atoms with E-state index in [9.17, 15) is 0 Å². The molecular formula is C14H13ClN2. The summed E-state index contributed by atoms with van der Waals surface area (Å²) in [6.07, 6.45) is 2.45. The Labute approximate surface area is 106 Å². The molecule has 2 aromatic rings. The van der Waals surface area contributed by atoms with Gasteiger partial charge in [-0.2, -0.15) is 0 Å². The van der Waals surface area contributed by atoms with Crippen LogP contribution in [0.2, 0.25) is 5.28 Å². The van der Waals surface area contributed by atoms with Gasteiger partial charge in [0.2, 0.25) is 5.28 Å². The molecule has 1 saturated carbocycles. The third-order valence-corrected chi connectivity index (χ3v) is 3.30. The van der Waals surface area contributed by atoms with E-state index in [4.69, 9.17) is 11.6 Å². The number of hydrogen-bond donors (Lipinski definition) is 0. The van der Waals surface area contributed by atoms with Gasteiger partial charge in [0.05, 0.1) is 5.69 Å². The second-order valence-corrected chi connectivity index (χ2v) is 4.87.